The second kappa shape index (κ2) is 8.81. The topological polar surface area (TPSA) is 20.2 Å². The fourth-order valence-corrected chi connectivity index (χ4v) is 13.1. The van der Waals surface area contributed by atoms with Gasteiger partial charge in [-0.15, -0.1) is 12.6 Å². The predicted octanol–water partition coefficient (Wildman–Crippen LogP) is 5.74. The molecule has 0 saturated carbocycles. The molecule has 1 aliphatic rings. The van der Waals surface area contributed by atoms with Gasteiger partial charge in [-0.1, -0.05) is 118 Å². The first-order valence-electron chi connectivity index (χ1n) is 12.5. The van der Waals surface area contributed by atoms with Crippen molar-refractivity contribution in [2.24, 2.45) is 0 Å². The summed E-state index contributed by atoms with van der Waals surface area (Å²) in [6, 6.07) is 34.5. The van der Waals surface area contributed by atoms with E-state index in [1.807, 2.05) is 30.3 Å². The van der Waals surface area contributed by atoms with E-state index in [0.29, 0.717) is 6.42 Å². The van der Waals surface area contributed by atoms with Gasteiger partial charge in [0.2, 0.25) is 0 Å². The zero-order valence-corrected chi connectivity index (χ0v) is 22.9. The lowest BCUT2D eigenvalue weighted by Crippen LogP contribution is -2.72. The van der Waals surface area contributed by atoms with Crippen LogP contribution in [0.5, 0.6) is 0 Å². The van der Waals surface area contributed by atoms with Crippen LogP contribution in [0.2, 0.25) is 5.04 Å². The molecule has 0 aliphatic heterocycles. The Bertz CT molecular complexity index is 1300. The van der Waals surface area contributed by atoms with Crippen molar-refractivity contribution < 1.29 is 5.11 Å². The average Bonchev–Trinajstić information content (AvgIpc) is 3.23. The Balaban J connectivity index is 1.90. The van der Waals surface area contributed by atoms with Crippen LogP contribution < -0.4 is 15.6 Å². The largest absolute Gasteiger partial charge is 0.380 e. The fourth-order valence-electron chi connectivity index (χ4n) is 6.46. The lowest BCUT2D eigenvalue weighted by Gasteiger charge is -2.46. The molecule has 35 heavy (non-hydrogen) atoms. The highest BCUT2D eigenvalue weighted by molar-refractivity contribution is 7.80. The van der Waals surface area contributed by atoms with Crippen molar-refractivity contribution in [2.75, 3.05) is 0 Å². The van der Waals surface area contributed by atoms with Crippen LogP contribution in [0.3, 0.4) is 0 Å². The fraction of sp³-hybridized carbons (Fsp3) is 0.250. The predicted molar refractivity (Wildman–Crippen MR) is 153 cm³/mol. The van der Waals surface area contributed by atoms with Crippen molar-refractivity contribution in [1.82, 2.24) is 0 Å². The zero-order valence-electron chi connectivity index (χ0n) is 21.0. The molecule has 1 atom stereocenters. The number of fused-ring (bicyclic) bond motifs is 1. The van der Waals surface area contributed by atoms with Gasteiger partial charge >= 0.3 is 0 Å². The van der Waals surface area contributed by atoms with E-state index in [-0.39, 0.29) is 5.04 Å². The normalized spacial score (nSPS) is 17.9. The highest BCUT2D eigenvalue weighted by Gasteiger charge is 2.52. The summed E-state index contributed by atoms with van der Waals surface area (Å²) >= 11 is 5.31. The summed E-state index contributed by atoms with van der Waals surface area (Å²) in [5, 5.41) is 16.2. The van der Waals surface area contributed by atoms with Gasteiger partial charge in [-0.25, -0.2) is 0 Å². The van der Waals surface area contributed by atoms with Crippen LogP contribution in [0.25, 0.3) is 0 Å². The summed E-state index contributed by atoms with van der Waals surface area (Å²) < 4.78 is 0. The molecule has 4 aromatic carbocycles. The third kappa shape index (κ3) is 3.64. The highest BCUT2D eigenvalue weighted by Crippen LogP contribution is 2.47. The molecular formula is C32H34OSSi. The minimum atomic E-state index is -2.60. The summed E-state index contributed by atoms with van der Waals surface area (Å²) in [6.45, 7) is 9.33. The quantitative estimate of drug-likeness (QED) is 0.211. The maximum absolute atomic E-state index is 12.2. The van der Waals surface area contributed by atoms with E-state index < -0.39 is 13.7 Å². The SMILES string of the molecule is Cc1cc([Si](c2ccccc2)(c2ccccc2)C(C)(C)C)c(S)c2c1CC[C@@]2(O)c1ccccc1. The van der Waals surface area contributed by atoms with E-state index in [9.17, 15) is 5.11 Å². The van der Waals surface area contributed by atoms with Gasteiger partial charge in [0.1, 0.15) is 5.60 Å². The van der Waals surface area contributed by atoms with Crippen molar-refractivity contribution in [3.8, 4) is 0 Å². The van der Waals surface area contributed by atoms with E-state index >= 15 is 0 Å². The monoisotopic (exact) mass is 494 g/mol. The molecular weight excluding hydrogens is 461 g/mol. The maximum Gasteiger partial charge on any atom is 0.154 e. The molecule has 0 fully saturated rings. The second-order valence-corrected chi connectivity index (χ2v) is 16.0. The van der Waals surface area contributed by atoms with Crippen molar-refractivity contribution in [3.05, 3.63) is 119 Å². The number of benzene rings is 4. The van der Waals surface area contributed by atoms with Gasteiger partial charge in [0.25, 0.3) is 0 Å². The summed E-state index contributed by atoms with van der Waals surface area (Å²) in [4.78, 5) is 0.962. The van der Waals surface area contributed by atoms with Gasteiger partial charge in [0.05, 0.1) is 0 Å². The van der Waals surface area contributed by atoms with Crippen molar-refractivity contribution >= 4 is 36.3 Å². The Morgan fingerprint density at radius 3 is 1.77 bits per heavy atom. The summed E-state index contributed by atoms with van der Waals surface area (Å²) in [6.07, 6.45) is 1.55. The number of thiol groups is 1. The van der Waals surface area contributed by atoms with Gasteiger partial charge in [-0.2, -0.15) is 0 Å². The molecule has 0 saturated heterocycles. The Labute approximate surface area is 216 Å². The van der Waals surface area contributed by atoms with Crippen LogP contribution in [0.4, 0.5) is 0 Å². The summed E-state index contributed by atoms with van der Waals surface area (Å²) in [5.74, 6) is 0. The number of hydrogen-bond acceptors (Lipinski definition) is 2. The molecule has 3 heteroatoms. The van der Waals surface area contributed by atoms with E-state index in [1.165, 1.54) is 26.7 Å². The Morgan fingerprint density at radius 2 is 1.29 bits per heavy atom. The first-order valence-corrected chi connectivity index (χ1v) is 14.9. The van der Waals surface area contributed by atoms with Crippen molar-refractivity contribution in [2.45, 2.75) is 56.1 Å². The van der Waals surface area contributed by atoms with Crippen molar-refractivity contribution in [1.29, 1.82) is 0 Å². The molecule has 1 N–H and O–H groups in total. The van der Waals surface area contributed by atoms with E-state index in [0.717, 1.165) is 22.4 Å². The van der Waals surface area contributed by atoms with Crippen LogP contribution in [-0.2, 0) is 12.0 Å². The van der Waals surface area contributed by atoms with Crippen LogP contribution in [-0.4, -0.2) is 13.2 Å². The van der Waals surface area contributed by atoms with Crippen LogP contribution in [0, 0.1) is 6.92 Å². The van der Waals surface area contributed by atoms with Crippen LogP contribution in [0.1, 0.15) is 49.4 Å². The molecule has 5 rings (SSSR count). The van der Waals surface area contributed by atoms with Gasteiger partial charge in [0, 0.05) is 10.5 Å². The molecule has 0 unspecified atom stereocenters. The molecule has 0 amide bonds. The summed E-state index contributed by atoms with van der Waals surface area (Å²) in [7, 11) is -2.60. The van der Waals surface area contributed by atoms with Gasteiger partial charge < -0.3 is 5.11 Å². The molecule has 4 aromatic rings. The zero-order chi connectivity index (χ0) is 24.8. The standard InChI is InChI=1S/C32H34OSSi/c1-23-22-28(30(34)29-27(23)20-21-32(29,33)24-14-8-5-9-15-24)35(31(2,3)4,25-16-10-6-11-17-25)26-18-12-7-13-19-26/h5-19,22,33-34H,20-21H2,1-4H3/t32-/m1/s1. The van der Waals surface area contributed by atoms with E-state index in [2.05, 4.69) is 94.4 Å². The Hall–Kier alpha value is -2.59. The minimum Gasteiger partial charge on any atom is -0.380 e. The molecule has 0 radical (unpaired) electrons. The highest BCUT2D eigenvalue weighted by atomic mass is 32.1. The van der Waals surface area contributed by atoms with E-state index in [4.69, 9.17) is 12.6 Å². The molecule has 0 spiro atoms. The Morgan fingerprint density at radius 1 is 0.800 bits per heavy atom. The first-order chi connectivity index (χ1) is 16.7. The number of aliphatic hydroxyl groups is 1. The average molecular weight is 495 g/mol. The number of hydrogen-bond donors (Lipinski definition) is 2. The lowest BCUT2D eigenvalue weighted by molar-refractivity contribution is 0.0806. The lowest BCUT2D eigenvalue weighted by atomic mass is 9.87. The molecule has 1 aliphatic carbocycles. The third-order valence-electron chi connectivity index (χ3n) is 7.97. The third-order valence-corrected chi connectivity index (χ3v) is 14.5. The summed E-state index contributed by atoms with van der Waals surface area (Å²) in [5.41, 5.74) is 3.44. The van der Waals surface area contributed by atoms with Gasteiger partial charge in [0.15, 0.2) is 8.07 Å². The molecule has 0 bridgehead atoms. The number of rotatable bonds is 4. The van der Waals surface area contributed by atoms with Gasteiger partial charge in [-0.05, 0) is 57.1 Å². The molecule has 0 aromatic heterocycles. The molecule has 0 heterocycles. The first kappa shape index (κ1) is 24.1. The van der Waals surface area contributed by atoms with Crippen LogP contribution >= 0.6 is 12.6 Å². The maximum atomic E-state index is 12.2. The minimum absolute atomic E-state index is 0.0443. The van der Waals surface area contributed by atoms with Crippen molar-refractivity contribution in [3.63, 3.8) is 0 Å². The Kier molecular flexibility index (Phi) is 6.07. The van der Waals surface area contributed by atoms with Crippen LogP contribution in [0.15, 0.2) is 102 Å². The molecule has 1 nitrogen and oxygen atoms in total. The second-order valence-electron chi connectivity index (χ2n) is 10.9. The number of aryl methyl sites for hydroxylation is 1. The van der Waals surface area contributed by atoms with E-state index in [1.54, 1.807) is 0 Å². The smallest absolute Gasteiger partial charge is 0.154 e. The van der Waals surface area contributed by atoms with Gasteiger partial charge in [-0.3, -0.25) is 0 Å². The molecule has 178 valence electrons.